The van der Waals surface area contributed by atoms with E-state index in [1.807, 2.05) is 85.8 Å². The number of benzene rings is 4. The van der Waals surface area contributed by atoms with Crippen LogP contribution < -0.4 is 10.2 Å². The molecular weight excluding hydrogens is 502 g/mol. The fourth-order valence-electron chi connectivity index (χ4n) is 4.71. The van der Waals surface area contributed by atoms with Gasteiger partial charge in [-0.1, -0.05) is 71.9 Å². The van der Waals surface area contributed by atoms with Gasteiger partial charge in [-0.25, -0.2) is 4.68 Å². The number of aryl methyl sites for hydroxylation is 1. The molecule has 2 amide bonds. The Bertz CT molecular complexity index is 1660. The number of ketones is 1. The molecule has 0 aliphatic carbocycles. The van der Waals surface area contributed by atoms with Crippen LogP contribution in [0.2, 0.25) is 0 Å². The van der Waals surface area contributed by atoms with E-state index in [1.54, 1.807) is 24.3 Å². The number of hydrogen-bond acceptors (Lipinski definition) is 5. The quantitative estimate of drug-likeness (QED) is 0.269. The van der Waals surface area contributed by atoms with Gasteiger partial charge in [0.2, 0.25) is 11.8 Å². The summed E-state index contributed by atoms with van der Waals surface area (Å²) >= 11 is 0. The number of Topliss-reactive ketones (excluding diaryl/α,β-unsaturated/α-hetero) is 1. The Balaban J connectivity index is 1.58. The number of nitrogens with zero attached hydrogens (tertiary/aromatic N) is 4. The van der Waals surface area contributed by atoms with Gasteiger partial charge in [0.15, 0.2) is 5.78 Å². The molecule has 5 rings (SSSR count). The van der Waals surface area contributed by atoms with Crippen molar-refractivity contribution >= 4 is 34.3 Å². The number of para-hydroxylation sites is 1. The summed E-state index contributed by atoms with van der Waals surface area (Å²) in [7, 11) is 0. The fraction of sp³-hybridized carbons (Fsp3) is 0.156. The van der Waals surface area contributed by atoms with Gasteiger partial charge in [-0.15, -0.1) is 5.10 Å². The minimum Gasteiger partial charge on any atom is -0.350 e. The minimum atomic E-state index is -0.977. The van der Waals surface area contributed by atoms with Crippen LogP contribution in [-0.2, 0) is 22.7 Å². The zero-order valence-corrected chi connectivity index (χ0v) is 22.3. The Hall–Kier alpha value is -5.11. The van der Waals surface area contributed by atoms with Gasteiger partial charge < -0.3 is 5.32 Å². The topological polar surface area (TPSA) is 97.2 Å². The molecule has 40 heavy (non-hydrogen) atoms. The first-order valence-corrected chi connectivity index (χ1v) is 13.0. The average Bonchev–Trinajstić information content (AvgIpc) is 3.38. The van der Waals surface area contributed by atoms with Gasteiger partial charge in [-0.3, -0.25) is 19.3 Å². The van der Waals surface area contributed by atoms with Crippen molar-refractivity contribution < 1.29 is 14.4 Å². The van der Waals surface area contributed by atoms with Crippen molar-refractivity contribution in [1.82, 2.24) is 20.3 Å². The molecule has 1 atom stereocenters. The molecular formula is C32H29N5O3. The molecule has 0 aliphatic rings. The molecule has 1 aromatic heterocycles. The molecule has 5 aromatic rings. The number of hydrogen-bond donors (Lipinski definition) is 1. The Kier molecular flexibility index (Phi) is 7.77. The highest BCUT2D eigenvalue weighted by atomic mass is 16.2. The van der Waals surface area contributed by atoms with E-state index in [-0.39, 0.29) is 24.1 Å². The average molecular weight is 532 g/mol. The van der Waals surface area contributed by atoms with E-state index in [0.717, 1.165) is 11.1 Å². The summed E-state index contributed by atoms with van der Waals surface area (Å²) in [6.07, 6.45) is 0. The van der Waals surface area contributed by atoms with E-state index in [0.29, 0.717) is 34.4 Å². The lowest BCUT2D eigenvalue weighted by Gasteiger charge is -2.32. The highest BCUT2D eigenvalue weighted by molar-refractivity contribution is 6.02. The van der Waals surface area contributed by atoms with Gasteiger partial charge in [0.25, 0.3) is 0 Å². The second kappa shape index (κ2) is 11.7. The molecule has 0 fully saturated rings. The number of carbonyl (C=O) groups is 3. The van der Waals surface area contributed by atoms with Crippen LogP contribution in [-0.4, -0.2) is 32.6 Å². The van der Waals surface area contributed by atoms with E-state index >= 15 is 0 Å². The SMILES string of the molecule is CC(=O)c1ccc(N(C(=O)Cn2nnc3ccccc32)C(C(=O)NCc2ccccc2)c2ccccc2C)cc1. The first kappa shape index (κ1) is 26.5. The number of carbonyl (C=O) groups excluding carboxylic acids is 3. The molecule has 1 heterocycles. The maximum atomic E-state index is 14.2. The van der Waals surface area contributed by atoms with Crippen LogP contribution in [0.15, 0.2) is 103 Å². The monoisotopic (exact) mass is 531 g/mol. The molecule has 1 N–H and O–H groups in total. The lowest BCUT2D eigenvalue weighted by molar-refractivity contribution is -0.127. The second-order valence-corrected chi connectivity index (χ2v) is 9.57. The number of aromatic nitrogens is 3. The maximum absolute atomic E-state index is 14.2. The molecule has 200 valence electrons. The third kappa shape index (κ3) is 5.66. The molecule has 8 heteroatoms. The van der Waals surface area contributed by atoms with Crippen molar-refractivity contribution in [3.63, 3.8) is 0 Å². The van der Waals surface area contributed by atoms with Crippen LogP contribution in [0.4, 0.5) is 5.69 Å². The molecule has 1 unspecified atom stereocenters. The lowest BCUT2D eigenvalue weighted by atomic mass is 9.97. The van der Waals surface area contributed by atoms with Gasteiger partial charge >= 0.3 is 0 Å². The third-order valence-electron chi connectivity index (χ3n) is 6.83. The van der Waals surface area contributed by atoms with Crippen LogP contribution in [0.25, 0.3) is 11.0 Å². The van der Waals surface area contributed by atoms with Gasteiger partial charge in [-0.2, -0.15) is 0 Å². The molecule has 0 spiro atoms. The number of rotatable bonds is 9. The summed E-state index contributed by atoms with van der Waals surface area (Å²) in [5, 5.41) is 11.4. The van der Waals surface area contributed by atoms with Crippen LogP contribution in [0.5, 0.6) is 0 Å². The maximum Gasteiger partial charge on any atom is 0.249 e. The predicted octanol–water partition coefficient (Wildman–Crippen LogP) is 5.03. The number of fused-ring (bicyclic) bond motifs is 1. The first-order chi connectivity index (χ1) is 19.4. The zero-order valence-electron chi connectivity index (χ0n) is 22.3. The third-order valence-corrected chi connectivity index (χ3v) is 6.83. The lowest BCUT2D eigenvalue weighted by Crippen LogP contribution is -2.45. The van der Waals surface area contributed by atoms with Crippen molar-refractivity contribution in [2.45, 2.75) is 33.0 Å². The van der Waals surface area contributed by atoms with Crippen LogP contribution in [0.3, 0.4) is 0 Å². The Morgan fingerprint density at radius 2 is 1.52 bits per heavy atom. The standard InChI is InChI=1S/C32H29N5O3/c1-22-10-6-7-13-27(22)31(32(40)33-20-24-11-4-3-5-12-24)37(26-18-16-25(17-19-26)23(2)38)30(39)21-36-29-15-9-8-14-28(29)34-35-36/h3-19,31H,20-21H2,1-2H3,(H,33,40). The number of amides is 2. The molecule has 0 saturated heterocycles. The highest BCUT2D eigenvalue weighted by Crippen LogP contribution is 2.31. The van der Waals surface area contributed by atoms with Crippen molar-refractivity contribution in [3.8, 4) is 0 Å². The smallest absolute Gasteiger partial charge is 0.249 e. The van der Waals surface area contributed by atoms with Crippen LogP contribution in [0, 0.1) is 6.92 Å². The summed E-state index contributed by atoms with van der Waals surface area (Å²) in [4.78, 5) is 41.6. The summed E-state index contributed by atoms with van der Waals surface area (Å²) in [5.41, 5.74) is 4.89. The normalized spacial score (nSPS) is 11.7. The minimum absolute atomic E-state index is 0.0884. The van der Waals surface area contributed by atoms with Crippen molar-refractivity contribution in [2.75, 3.05) is 4.90 Å². The van der Waals surface area contributed by atoms with E-state index in [4.69, 9.17) is 0 Å². The summed E-state index contributed by atoms with van der Waals surface area (Å²) < 4.78 is 1.53. The Morgan fingerprint density at radius 3 is 2.25 bits per heavy atom. The van der Waals surface area contributed by atoms with Crippen LogP contribution in [0.1, 0.15) is 40.0 Å². The van der Waals surface area contributed by atoms with E-state index in [9.17, 15) is 14.4 Å². The largest absolute Gasteiger partial charge is 0.350 e. The zero-order chi connectivity index (χ0) is 28.1. The van der Waals surface area contributed by atoms with Gasteiger partial charge in [-0.05, 0) is 66.9 Å². The summed E-state index contributed by atoms with van der Waals surface area (Å²) in [5.74, 6) is -0.769. The van der Waals surface area contributed by atoms with Gasteiger partial charge in [0.05, 0.1) is 5.52 Å². The highest BCUT2D eigenvalue weighted by Gasteiger charge is 2.34. The Labute approximate surface area is 232 Å². The molecule has 0 radical (unpaired) electrons. The van der Waals surface area contributed by atoms with Crippen LogP contribution >= 0.6 is 0 Å². The molecule has 4 aromatic carbocycles. The van der Waals surface area contributed by atoms with Gasteiger partial charge in [0, 0.05) is 17.8 Å². The Morgan fingerprint density at radius 1 is 0.850 bits per heavy atom. The summed E-state index contributed by atoms with van der Waals surface area (Å²) in [6.45, 7) is 3.57. The van der Waals surface area contributed by atoms with Gasteiger partial charge in [0.1, 0.15) is 18.1 Å². The van der Waals surface area contributed by atoms with E-state index < -0.39 is 6.04 Å². The molecule has 0 saturated carbocycles. The van der Waals surface area contributed by atoms with Crippen molar-refractivity contribution in [1.29, 1.82) is 0 Å². The molecule has 0 bridgehead atoms. The van der Waals surface area contributed by atoms with Crippen molar-refractivity contribution in [3.05, 3.63) is 125 Å². The fourth-order valence-corrected chi connectivity index (χ4v) is 4.71. The van der Waals surface area contributed by atoms with E-state index in [2.05, 4.69) is 15.6 Å². The second-order valence-electron chi connectivity index (χ2n) is 9.57. The van der Waals surface area contributed by atoms with Crippen molar-refractivity contribution in [2.24, 2.45) is 0 Å². The molecule has 8 nitrogen and oxygen atoms in total. The first-order valence-electron chi connectivity index (χ1n) is 13.0. The predicted molar refractivity (Wildman–Crippen MR) is 154 cm³/mol. The molecule has 0 aliphatic heterocycles. The number of nitrogens with one attached hydrogen (secondary N) is 1. The number of anilines is 1. The summed E-state index contributed by atoms with van der Waals surface area (Å²) in [6, 6.07) is 30.3. The van der Waals surface area contributed by atoms with E-state index in [1.165, 1.54) is 16.5 Å².